The van der Waals surface area contributed by atoms with Crippen molar-refractivity contribution in [3.05, 3.63) is 254 Å². The molecule has 0 bridgehead atoms. The molecule has 0 unspecified atom stereocenters. The number of hydrogen-bond acceptors (Lipinski definition) is 5. The second-order valence-corrected chi connectivity index (χ2v) is 17.9. The van der Waals surface area contributed by atoms with Gasteiger partial charge in [0.2, 0.25) is 5.95 Å². The maximum Gasteiger partial charge on any atom is 0.238 e. The lowest BCUT2D eigenvalue weighted by atomic mass is 9.83. The van der Waals surface area contributed by atoms with Gasteiger partial charge in [-0.05, 0) is 136 Å². The summed E-state index contributed by atoms with van der Waals surface area (Å²) >= 11 is 0. The van der Waals surface area contributed by atoms with Crippen LogP contribution in [-0.2, 0) is 0 Å². The molecule has 71 heavy (non-hydrogen) atoms. The van der Waals surface area contributed by atoms with Gasteiger partial charge < -0.3 is 0 Å². The Hall–Kier alpha value is -9.76. The molecule has 1 aromatic heterocycles. The second-order valence-electron chi connectivity index (χ2n) is 17.9. The summed E-state index contributed by atoms with van der Waals surface area (Å²) in [6, 6.07) is 89.8. The Morgan fingerprint density at radius 1 is 0.310 bits per heavy atom. The molecule has 12 aromatic carbocycles. The van der Waals surface area contributed by atoms with E-state index < -0.39 is 0 Å². The quantitative estimate of drug-likeness (QED) is 0.142. The fraction of sp³-hybridized carbons (Fsp3) is 0. The summed E-state index contributed by atoms with van der Waals surface area (Å²) in [4.78, 5) is 17.3. The molecule has 13 aromatic rings. The van der Waals surface area contributed by atoms with E-state index in [1.807, 2.05) is 89.8 Å². The highest BCUT2D eigenvalue weighted by atomic mass is 15.3. The van der Waals surface area contributed by atoms with E-state index in [0.717, 1.165) is 44.4 Å². The maximum atomic E-state index is 9.74. The van der Waals surface area contributed by atoms with Gasteiger partial charge in [-0.3, -0.25) is 4.90 Å². The first-order chi connectivity index (χ1) is 35.1. The molecule has 0 aliphatic carbocycles. The van der Waals surface area contributed by atoms with Crippen LogP contribution >= 0.6 is 0 Å². The minimum atomic E-state index is 0.465. The summed E-state index contributed by atoms with van der Waals surface area (Å²) in [6.07, 6.45) is 0. The third kappa shape index (κ3) is 7.39. The van der Waals surface area contributed by atoms with Crippen LogP contribution in [0.25, 0.3) is 110 Å². The largest absolute Gasteiger partial charge is 0.279 e. The van der Waals surface area contributed by atoms with E-state index in [1.54, 1.807) is 0 Å². The number of nitriles is 1. The summed E-state index contributed by atoms with van der Waals surface area (Å²) in [6.45, 7) is 0. The standard InChI is InChI=1S/C66H41N5/c67-42-43-29-35-52(36-30-43)71(66-69-64(46-17-3-1-4-18-46)68-65(70-66)47-19-5-2-6-20-47)53-37-33-49-39-48(31-32-50(49)40-53)51-34-38-60-61(41-51)63(57-28-14-22-45-16-8-10-24-55(45)57)59-26-12-11-25-58(59)62(60)56-27-13-21-44-15-7-9-23-54(44)56/h1-41H. The van der Waals surface area contributed by atoms with Crippen LogP contribution in [0.4, 0.5) is 17.3 Å². The topological polar surface area (TPSA) is 65.7 Å². The Morgan fingerprint density at radius 2 is 0.775 bits per heavy atom. The normalized spacial score (nSPS) is 11.4. The van der Waals surface area contributed by atoms with E-state index in [9.17, 15) is 5.26 Å². The predicted octanol–water partition coefficient (Wildman–Crippen LogP) is 17.3. The fourth-order valence-corrected chi connectivity index (χ4v) is 10.3. The monoisotopic (exact) mass is 903 g/mol. The number of rotatable bonds is 8. The van der Waals surface area contributed by atoms with Gasteiger partial charge in [0.05, 0.1) is 11.6 Å². The SMILES string of the molecule is N#Cc1ccc(N(c2ccc3cc(-c4ccc5c(-c6cccc7ccccc67)c6ccccc6c(-c6cccc7ccccc67)c5c4)ccc3c2)c2nc(-c3ccccc3)nc(-c3ccccc3)n2)cc1. The minimum Gasteiger partial charge on any atom is -0.279 e. The molecule has 0 amide bonds. The van der Waals surface area contributed by atoms with Gasteiger partial charge in [-0.25, -0.2) is 4.98 Å². The number of hydrogen-bond donors (Lipinski definition) is 0. The van der Waals surface area contributed by atoms with E-state index in [-0.39, 0.29) is 0 Å². The molecule has 0 fully saturated rings. The molecule has 0 saturated carbocycles. The molecule has 330 valence electrons. The van der Waals surface area contributed by atoms with E-state index >= 15 is 0 Å². The van der Waals surface area contributed by atoms with E-state index in [1.165, 1.54) is 65.3 Å². The zero-order chi connectivity index (χ0) is 47.3. The van der Waals surface area contributed by atoms with Gasteiger partial charge in [0, 0.05) is 22.5 Å². The molecule has 0 radical (unpaired) electrons. The Labute approximate surface area is 410 Å². The van der Waals surface area contributed by atoms with Gasteiger partial charge >= 0.3 is 0 Å². The second kappa shape index (κ2) is 17.4. The van der Waals surface area contributed by atoms with Gasteiger partial charge in [-0.2, -0.15) is 15.2 Å². The average Bonchev–Trinajstić information content (AvgIpc) is 3.44. The molecular formula is C66H41N5. The van der Waals surface area contributed by atoms with Crippen molar-refractivity contribution in [3.63, 3.8) is 0 Å². The first kappa shape index (κ1) is 41.4. The van der Waals surface area contributed by atoms with Crippen molar-refractivity contribution < 1.29 is 0 Å². The van der Waals surface area contributed by atoms with E-state index in [2.05, 4.69) is 170 Å². The van der Waals surface area contributed by atoms with Gasteiger partial charge in [-0.1, -0.05) is 200 Å². The molecule has 1 heterocycles. The molecule has 0 aliphatic rings. The maximum absolute atomic E-state index is 9.74. The number of aromatic nitrogens is 3. The van der Waals surface area contributed by atoms with Crippen LogP contribution in [0.2, 0.25) is 0 Å². The average molecular weight is 904 g/mol. The van der Waals surface area contributed by atoms with Crippen LogP contribution in [0.3, 0.4) is 0 Å². The lowest BCUT2D eigenvalue weighted by molar-refractivity contribution is 1.02. The number of nitrogens with zero attached hydrogens (tertiary/aromatic N) is 5. The zero-order valence-corrected chi connectivity index (χ0v) is 38.4. The highest BCUT2D eigenvalue weighted by molar-refractivity contribution is 6.25. The van der Waals surface area contributed by atoms with Gasteiger partial charge in [0.25, 0.3) is 0 Å². The zero-order valence-electron chi connectivity index (χ0n) is 38.4. The molecular weight excluding hydrogens is 863 g/mol. The molecule has 0 spiro atoms. The summed E-state index contributed by atoms with van der Waals surface area (Å²) in [5.41, 5.74) is 11.2. The molecule has 0 aliphatic heterocycles. The van der Waals surface area contributed by atoms with Crippen molar-refractivity contribution in [1.82, 2.24) is 15.0 Å². The lowest BCUT2D eigenvalue weighted by Crippen LogP contribution is -2.15. The molecule has 0 saturated heterocycles. The van der Waals surface area contributed by atoms with Gasteiger partial charge in [0.1, 0.15) is 0 Å². The Morgan fingerprint density at radius 3 is 1.38 bits per heavy atom. The van der Waals surface area contributed by atoms with Crippen molar-refractivity contribution in [2.45, 2.75) is 0 Å². The molecule has 5 nitrogen and oxygen atoms in total. The van der Waals surface area contributed by atoms with Crippen LogP contribution in [0, 0.1) is 11.3 Å². The van der Waals surface area contributed by atoms with E-state index in [4.69, 9.17) is 15.0 Å². The Balaban J connectivity index is 0.987. The van der Waals surface area contributed by atoms with Crippen LogP contribution in [0.1, 0.15) is 5.56 Å². The first-order valence-electron chi connectivity index (χ1n) is 23.8. The van der Waals surface area contributed by atoms with Crippen LogP contribution < -0.4 is 4.90 Å². The van der Waals surface area contributed by atoms with Crippen LogP contribution in [-0.4, -0.2) is 15.0 Å². The lowest BCUT2D eigenvalue weighted by Gasteiger charge is -2.24. The molecule has 5 heteroatoms. The number of fused-ring (bicyclic) bond motifs is 5. The van der Waals surface area contributed by atoms with Crippen LogP contribution in [0.15, 0.2) is 249 Å². The highest BCUT2D eigenvalue weighted by Gasteiger charge is 2.22. The molecule has 13 rings (SSSR count). The third-order valence-electron chi connectivity index (χ3n) is 13.7. The number of anilines is 3. The fourth-order valence-electron chi connectivity index (χ4n) is 10.3. The molecule has 0 atom stereocenters. The third-order valence-corrected chi connectivity index (χ3v) is 13.7. The smallest absolute Gasteiger partial charge is 0.238 e. The van der Waals surface area contributed by atoms with Gasteiger partial charge in [0.15, 0.2) is 11.6 Å². The van der Waals surface area contributed by atoms with Gasteiger partial charge in [-0.15, -0.1) is 0 Å². The highest BCUT2D eigenvalue weighted by Crippen LogP contribution is 2.48. The first-order valence-corrected chi connectivity index (χ1v) is 23.8. The number of benzene rings is 12. The predicted molar refractivity (Wildman–Crippen MR) is 294 cm³/mol. The van der Waals surface area contributed by atoms with Crippen molar-refractivity contribution >= 4 is 71.2 Å². The molecule has 0 N–H and O–H groups in total. The summed E-state index contributed by atoms with van der Waals surface area (Å²) < 4.78 is 0. The summed E-state index contributed by atoms with van der Waals surface area (Å²) in [7, 11) is 0. The Kier molecular flexibility index (Phi) is 10.2. The van der Waals surface area contributed by atoms with Crippen molar-refractivity contribution in [2.75, 3.05) is 4.90 Å². The summed E-state index contributed by atoms with van der Waals surface area (Å²) in [5.74, 6) is 1.59. The van der Waals surface area contributed by atoms with Crippen molar-refractivity contribution in [2.24, 2.45) is 0 Å². The summed E-state index contributed by atoms with van der Waals surface area (Å²) in [5, 5.41) is 21.7. The Bertz CT molecular complexity index is 4170. The van der Waals surface area contributed by atoms with E-state index in [0.29, 0.717) is 23.2 Å². The van der Waals surface area contributed by atoms with Crippen molar-refractivity contribution in [1.29, 1.82) is 5.26 Å². The van der Waals surface area contributed by atoms with Crippen molar-refractivity contribution in [3.8, 4) is 62.2 Å². The minimum absolute atomic E-state index is 0.465. The van der Waals surface area contributed by atoms with Crippen LogP contribution in [0.5, 0.6) is 0 Å².